The smallest absolute Gasteiger partial charge is 0.338 e. The summed E-state index contributed by atoms with van der Waals surface area (Å²) >= 11 is 2.76. The molecule has 1 aromatic carbocycles. The van der Waals surface area contributed by atoms with Crippen molar-refractivity contribution in [2.45, 2.75) is 39.2 Å². The molecule has 0 aliphatic heterocycles. The molecule has 4 aromatic rings. The topological polar surface area (TPSA) is 116 Å². The van der Waals surface area contributed by atoms with Crippen molar-refractivity contribution in [1.29, 1.82) is 0 Å². The van der Waals surface area contributed by atoms with Crippen molar-refractivity contribution >= 4 is 60.1 Å². The summed E-state index contributed by atoms with van der Waals surface area (Å²) in [6, 6.07) is 5.03. The summed E-state index contributed by atoms with van der Waals surface area (Å²) in [5.41, 5.74) is 1.86. The Kier molecular flexibility index (Phi) is 5.43. The predicted octanol–water partition coefficient (Wildman–Crippen LogP) is 3.16. The van der Waals surface area contributed by atoms with Crippen molar-refractivity contribution in [2.75, 3.05) is 11.9 Å². The molecule has 0 radical (unpaired) electrons. The molecule has 0 unspecified atom stereocenters. The molecular formula is C21H19N5O4S2. The van der Waals surface area contributed by atoms with Crippen molar-refractivity contribution in [2.24, 2.45) is 0 Å². The van der Waals surface area contributed by atoms with E-state index in [1.807, 2.05) is 0 Å². The van der Waals surface area contributed by atoms with Crippen molar-refractivity contribution in [3.8, 4) is 0 Å². The van der Waals surface area contributed by atoms with E-state index < -0.39 is 11.9 Å². The SMILES string of the molecule is CCOC(=O)c1ccc2nc(NC(=O)Cn3nnc4sc5c(c4c3=O)CCCC5)sc2c1. The number of ether oxygens (including phenoxy) is 1. The highest BCUT2D eigenvalue weighted by Gasteiger charge is 2.21. The third-order valence-electron chi connectivity index (χ3n) is 5.28. The molecule has 0 saturated carbocycles. The maximum Gasteiger partial charge on any atom is 0.338 e. The number of nitrogens with zero attached hydrogens (tertiary/aromatic N) is 4. The number of hydrogen-bond acceptors (Lipinski definition) is 9. The fourth-order valence-electron chi connectivity index (χ4n) is 3.82. The first kappa shape index (κ1) is 20.7. The molecule has 9 nitrogen and oxygen atoms in total. The van der Waals surface area contributed by atoms with Gasteiger partial charge in [0.15, 0.2) is 9.96 Å². The van der Waals surface area contributed by atoms with E-state index in [1.165, 1.54) is 27.6 Å². The van der Waals surface area contributed by atoms with Crippen LogP contribution in [0.1, 0.15) is 40.6 Å². The Hall–Kier alpha value is -3.18. The van der Waals surface area contributed by atoms with E-state index in [2.05, 4.69) is 20.6 Å². The molecule has 3 aromatic heterocycles. The largest absolute Gasteiger partial charge is 0.462 e. The van der Waals surface area contributed by atoms with E-state index in [-0.39, 0.29) is 12.1 Å². The van der Waals surface area contributed by atoms with E-state index in [0.717, 1.165) is 40.6 Å². The average molecular weight is 470 g/mol. The van der Waals surface area contributed by atoms with Gasteiger partial charge in [-0.15, -0.1) is 16.4 Å². The summed E-state index contributed by atoms with van der Waals surface area (Å²) in [7, 11) is 0. The Balaban J connectivity index is 1.36. The van der Waals surface area contributed by atoms with E-state index in [9.17, 15) is 14.4 Å². The van der Waals surface area contributed by atoms with Gasteiger partial charge in [-0.1, -0.05) is 16.6 Å². The Morgan fingerprint density at radius 3 is 2.91 bits per heavy atom. The van der Waals surface area contributed by atoms with Crippen LogP contribution in [0.25, 0.3) is 20.4 Å². The minimum absolute atomic E-state index is 0.254. The number of aromatic nitrogens is 4. The molecule has 164 valence electrons. The summed E-state index contributed by atoms with van der Waals surface area (Å²) in [4.78, 5) is 43.7. The first-order chi connectivity index (χ1) is 15.5. The van der Waals surface area contributed by atoms with Crippen LogP contribution < -0.4 is 10.9 Å². The lowest BCUT2D eigenvalue weighted by Crippen LogP contribution is -2.30. The van der Waals surface area contributed by atoms with Crippen LogP contribution in [-0.2, 0) is 28.9 Å². The van der Waals surface area contributed by atoms with E-state index in [1.54, 1.807) is 25.1 Å². The van der Waals surface area contributed by atoms with Gasteiger partial charge in [0.05, 0.1) is 27.8 Å². The third kappa shape index (κ3) is 3.78. The van der Waals surface area contributed by atoms with Crippen molar-refractivity contribution in [1.82, 2.24) is 20.0 Å². The Morgan fingerprint density at radius 2 is 2.06 bits per heavy atom. The average Bonchev–Trinajstić information content (AvgIpc) is 3.36. The lowest BCUT2D eigenvalue weighted by Gasteiger charge is -2.10. The highest BCUT2D eigenvalue weighted by Crippen LogP contribution is 2.33. The second-order valence-electron chi connectivity index (χ2n) is 7.41. The minimum Gasteiger partial charge on any atom is -0.462 e. The quantitative estimate of drug-likeness (QED) is 0.446. The summed E-state index contributed by atoms with van der Waals surface area (Å²) in [6.07, 6.45) is 4.00. The zero-order chi connectivity index (χ0) is 22.2. The summed E-state index contributed by atoms with van der Waals surface area (Å²) in [6.45, 7) is 1.79. The van der Waals surface area contributed by atoms with Gasteiger partial charge in [0.25, 0.3) is 5.56 Å². The second kappa shape index (κ2) is 8.40. The normalized spacial score (nSPS) is 13.3. The molecule has 1 N–H and O–H groups in total. The molecule has 32 heavy (non-hydrogen) atoms. The molecule has 1 amide bonds. The van der Waals surface area contributed by atoms with Crippen LogP contribution in [-0.4, -0.2) is 38.5 Å². The third-order valence-corrected chi connectivity index (χ3v) is 7.39. The Labute approximate surface area is 190 Å². The van der Waals surface area contributed by atoms with Gasteiger partial charge in [-0.3, -0.25) is 9.59 Å². The van der Waals surface area contributed by atoms with E-state index >= 15 is 0 Å². The first-order valence-electron chi connectivity index (χ1n) is 10.3. The molecule has 0 saturated heterocycles. The second-order valence-corrected chi connectivity index (χ2v) is 9.53. The Bertz CT molecular complexity index is 1420. The number of aryl methyl sites for hydroxylation is 2. The molecule has 0 atom stereocenters. The van der Waals surface area contributed by atoms with Crippen molar-refractivity contribution in [3.63, 3.8) is 0 Å². The van der Waals surface area contributed by atoms with Crippen LogP contribution >= 0.6 is 22.7 Å². The summed E-state index contributed by atoms with van der Waals surface area (Å²) in [5, 5.41) is 11.8. The highest BCUT2D eigenvalue weighted by atomic mass is 32.1. The highest BCUT2D eigenvalue weighted by molar-refractivity contribution is 7.22. The molecular weight excluding hydrogens is 450 g/mol. The molecule has 3 heterocycles. The number of benzene rings is 1. The van der Waals surface area contributed by atoms with Gasteiger partial charge in [-0.25, -0.2) is 14.5 Å². The van der Waals surface area contributed by atoms with E-state index in [4.69, 9.17) is 4.74 Å². The Morgan fingerprint density at radius 1 is 1.22 bits per heavy atom. The summed E-state index contributed by atoms with van der Waals surface area (Å²) in [5.74, 6) is -0.827. The van der Waals surface area contributed by atoms with Gasteiger partial charge in [0.1, 0.15) is 6.54 Å². The van der Waals surface area contributed by atoms with Crippen LogP contribution in [0.3, 0.4) is 0 Å². The van der Waals surface area contributed by atoms with Crippen LogP contribution in [0.4, 0.5) is 5.13 Å². The fraction of sp³-hybridized carbons (Fsp3) is 0.333. The number of hydrogen-bond donors (Lipinski definition) is 1. The number of amides is 1. The number of carbonyl (C=O) groups is 2. The monoisotopic (exact) mass is 469 g/mol. The number of thiophene rings is 1. The molecule has 0 fully saturated rings. The van der Waals surface area contributed by atoms with Gasteiger partial charge >= 0.3 is 5.97 Å². The summed E-state index contributed by atoms with van der Waals surface area (Å²) < 4.78 is 6.86. The molecule has 11 heteroatoms. The van der Waals surface area contributed by atoms with Crippen LogP contribution in [0.5, 0.6) is 0 Å². The minimum atomic E-state index is -0.422. The van der Waals surface area contributed by atoms with Crippen LogP contribution in [0, 0.1) is 0 Å². The van der Waals surface area contributed by atoms with E-state index in [0.29, 0.717) is 33.0 Å². The van der Waals surface area contributed by atoms with Crippen molar-refractivity contribution in [3.05, 3.63) is 44.6 Å². The van der Waals surface area contributed by atoms with Gasteiger partial charge < -0.3 is 10.1 Å². The number of fused-ring (bicyclic) bond motifs is 4. The maximum atomic E-state index is 13.0. The number of nitrogens with one attached hydrogen (secondary N) is 1. The van der Waals surface area contributed by atoms with Crippen LogP contribution in [0.2, 0.25) is 0 Å². The standard InChI is InChI=1S/C21H19N5O4S2/c1-2-30-20(29)11-7-8-13-15(9-11)32-21(22-13)23-16(27)10-26-19(28)17-12-5-3-4-6-14(12)31-18(17)24-25-26/h7-9H,2-6,10H2,1H3,(H,22,23,27). The molecule has 1 aliphatic carbocycles. The molecule has 5 rings (SSSR count). The number of thiazole rings is 1. The maximum absolute atomic E-state index is 13.0. The van der Waals surface area contributed by atoms with Gasteiger partial charge in [-0.2, -0.15) is 0 Å². The molecule has 0 spiro atoms. The predicted molar refractivity (Wildman–Crippen MR) is 123 cm³/mol. The zero-order valence-corrected chi connectivity index (χ0v) is 18.8. The van der Waals surface area contributed by atoms with Gasteiger partial charge in [0.2, 0.25) is 5.91 Å². The number of anilines is 1. The van der Waals surface area contributed by atoms with Crippen molar-refractivity contribution < 1.29 is 14.3 Å². The number of esters is 1. The number of rotatable bonds is 5. The first-order valence-corrected chi connectivity index (χ1v) is 11.9. The van der Waals surface area contributed by atoms with Crippen LogP contribution in [0.15, 0.2) is 23.0 Å². The van der Waals surface area contributed by atoms with Gasteiger partial charge in [-0.05, 0) is 56.4 Å². The fourth-order valence-corrected chi connectivity index (χ4v) is 5.94. The molecule has 1 aliphatic rings. The molecule has 0 bridgehead atoms. The lowest BCUT2D eigenvalue weighted by atomic mass is 9.97. The zero-order valence-electron chi connectivity index (χ0n) is 17.2. The van der Waals surface area contributed by atoms with Gasteiger partial charge in [0, 0.05) is 4.88 Å². The number of carbonyl (C=O) groups excluding carboxylic acids is 2. The lowest BCUT2D eigenvalue weighted by molar-refractivity contribution is -0.117.